The lowest BCUT2D eigenvalue weighted by atomic mass is 10.3. The molecule has 0 aromatic heterocycles. The third-order valence-electron chi connectivity index (χ3n) is 2.28. The summed E-state index contributed by atoms with van der Waals surface area (Å²) in [7, 11) is 0.638. The first-order valence-electron chi connectivity index (χ1n) is 5.32. The maximum atomic E-state index is 11.7. The number of carbonyl (C=O) groups is 1. The number of benzene rings is 1. The van der Waals surface area contributed by atoms with Gasteiger partial charge in [-0.1, -0.05) is 18.2 Å². The van der Waals surface area contributed by atoms with Gasteiger partial charge in [-0.2, -0.15) is 17.0 Å². The average molecular weight is 271 g/mol. The predicted molar refractivity (Wildman–Crippen MR) is 70.3 cm³/mol. The maximum Gasteiger partial charge on any atom is 0.281 e. The predicted octanol–water partition coefficient (Wildman–Crippen LogP) is 0.363. The van der Waals surface area contributed by atoms with E-state index in [1.807, 2.05) is 6.07 Å². The molecule has 1 aromatic rings. The van der Waals surface area contributed by atoms with Crippen LogP contribution in [0, 0.1) is 0 Å². The quantitative estimate of drug-likeness (QED) is 0.841. The molecule has 0 saturated carbocycles. The number of hydrogen-bond donors (Lipinski definition) is 1. The van der Waals surface area contributed by atoms with Gasteiger partial charge in [0.1, 0.15) is 0 Å². The van der Waals surface area contributed by atoms with E-state index in [1.165, 1.54) is 21.1 Å². The summed E-state index contributed by atoms with van der Waals surface area (Å²) >= 11 is 0. The van der Waals surface area contributed by atoms with Crippen LogP contribution in [0.2, 0.25) is 0 Å². The van der Waals surface area contributed by atoms with Crippen molar-refractivity contribution in [2.45, 2.75) is 0 Å². The number of rotatable bonds is 5. The molecule has 0 aliphatic heterocycles. The Morgan fingerprint density at radius 3 is 2.22 bits per heavy atom. The molecular formula is C11H17N3O3S. The fourth-order valence-electron chi connectivity index (χ4n) is 1.28. The molecule has 0 aliphatic carbocycles. The first-order chi connectivity index (χ1) is 8.34. The molecule has 0 spiro atoms. The van der Waals surface area contributed by atoms with Crippen molar-refractivity contribution < 1.29 is 13.2 Å². The summed E-state index contributed by atoms with van der Waals surface area (Å²) in [5, 5.41) is 2.62. The zero-order valence-corrected chi connectivity index (χ0v) is 11.4. The molecule has 1 aromatic carbocycles. The maximum absolute atomic E-state index is 11.7. The van der Waals surface area contributed by atoms with E-state index in [2.05, 4.69) is 5.32 Å². The van der Waals surface area contributed by atoms with Gasteiger partial charge in [0, 0.05) is 26.8 Å². The van der Waals surface area contributed by atoms with E-state index in [1.54, 1.807) is 24.3 Å². The minimum atomic E-state index is -3.56. The van der Waals surface area contributed by atoms with Gasteiger partial charge in [0.25, 0.3) is 10.2 Å². The molecule has 0 aliphatic rings. The second-order valence-electron chi connectivity index (χ2n) is 3.96. The van der Waals surface area contributed by atoms with Crippen molar-refractivity contribution in [2.24, 2.45) is 0 Å². The third kappa shape index (κ3) is 3.80. The molecule has 1 amide bonds. The Morgan fingerprint density at radius 2 is 1.72 bits per heavy atom. The van der Waals surface area contributed by atoms with E-state index in [-0.39, 0.29) is 12.5 Å². The van der Waals surface area contributed by atoms with Crippen LogP contribution in [0.3, 0.4) is 0 Å². The molecule has 18 heavy (non-hydrogen) atoms. The summed E-state index contributed by atoms with van der Waals surface area (Å²) in [5.41, 5.74) is 0.637. The number of amides is 1. The number of likely N-dealkylation sites (N-methyl/N-ethyl adjacent to an activating group) is 1. The number of nitrogens with zero attached hydrogens (tertiary/aromatic N) is 2. The van der Waals surface area contributed by atoms with E-state index in [0.717, 1.165) is 8.61 Å². The standard InChI is InChI=1S/C11H17N3O3S/c1-13(2)18(16,17)14(3)9-11(15)12-10-7-5-4-6-8-10/h4-8H,9H2,1-3H3,(H,12,15). The van der Waals surface area contributed by atoms with Crippen LogP contribution in [0.15, 0.2) is 30.3 Å². The monoisotopic (exact) mass is 271 g/mol. The van der Waals surface area contributed by atoms with E-state index in [0.29, 0.717) is 5.69 Å². The summed E-state index contributed by atoms with van der Waals surface area (Å²) in [5.74, 6) is -0.380. The summed E-state index contributed by atoms with van der Waals surface area (Å²) in [6.45, 7) is -0.227. The van der Waals surface area contributed by atoms with Gasteiger partial charge >= 0.3 is 0 Å². The van der Waals surface area contributed by atoms with E-state index in [4.69, 9.17) is 0 Å². The van der Waals surface area contributed by atoms with E-state index < -0.39 is 10.2 Å². The second kappa shape index (κ2) is 5.94. The van der Waals surface area contributed by atoms with Crippen LogP contribution >= 0.6 is 0 Å². The van der Waals surface area contributed by atoms with Crippen molar-refractivity contribution >= 4 is 21.8 Å². The Hall–Kier alpha value is -1.44. The van der Waals surface area contributed by atoms with Crippen LogP contribution in [0.1, 0.15) is 0 Å². The Balaban J connectivity index is 2.61. The molecule has 0 heterocycles. The lowest BCUT2D eigenvalue weighted by molar-refractivity contribution is -0.116. The van der Waals surface area contributed by atoms with Crippen LogP contribution in [0.25, 0.3) is 0 Å². The number of para-hydroxylation sites is 1. The van der Waals surface area contributed by atoms with Crippen molar-refractivity contribution in [2.75, 3.05) is 33.0 Å². The summed E-state index contributed by atoms with van der Waals surface area (Å²) in [6, 6.07) is 8.88. The van der Waals surface area contributed by atoms with E-state index in [9.17, 15) is 13.2 Å². The molecular weight excluding hydrogens is 254 g/mol. The molecule has 0 bridgehead atoms. The lowest BCUT2D eigenvalue weighted by Gasteiger charge is -2.20. The zero-order valence-electron chi connectivity index (χ0n) is 10.6. The van der Waals surface area contributed by atoms with Crippen LogP contribution in [-0.4, -0.2) is 50.6 Å². The Bertz CT molecular complexity index is 500. The molecule has 0 unspecified atom stereocenters. The van der Waals surface area contributed by atoms with Gasteiger partial charge in [0.15, 0.2) is 0 Å². The van der Waals surface area contributed by atoms with Gasteiger partial charge < -0.3 is 5.32 Å². The Morgan fingerprint density at radius 1 is 1.17 bits per heavy atom. The average Bonchev–Trinajstić information content (AvgIpc) is 2.29. The van der Waals surface area contributed by atoms with Crippen LogP contribution in [-0.2, 0) is 15.0 Å². The highest BCUT2D eigenvalue weighted by Crippen LogP contribution is 2.06. The van der Waals surface area contributed by atoms with Gasteiger partial charge in [0.2, 0.25) is 5.91 Å². The summed E-state index contributed by atoms with van der Waals surface area (Å²) in [6.07, 6.45) is 0. The largest absolute Gasteiger partial charge is 0.325 e. The van der Waals surface area contributed by atoms with Crippen LogP contribution in [0.5, 0.6) is 0 Å². The first kappa shape index (κ1) is 14.6. The Labute approximate surface area is 107 Å². The van der Waals surface area contributed by atoms with Gasteiger partial charge in [-0.25, -0.2) is 0 Å². The topological polar surface area (TPSA) is 69.7 Å². The minimum Gasteiger partial charge on any atom is -0.325 e. The number of nitrogens with one attached hydrogen (secondary N) is 1. The number of carbonyl (C=O) groups excluding carboxylic acids is 1. The Kier molecular flexibility index (Phi) is 4.83. The van der Waals surface area contributed by atoms with Gasteiger partial charge in [-0.15, -0.1) is 0 Å². The highest BCUT2D eigenvalue weighted by Gasteiger charge is 2.22. The van der Waals surface area contributed by atoms with Crippen LogP contribution < -0.4 is 5.32 Å². The number of hydrogen-bond acceptors (Lipinski definition) is 3. The molecule has 7 heteroatoms. The SMILES string of the molecule is CN(C)S(=O)(=O)N(C)CC(=O)Nc1ccccc1. The number of anilines is 1. The second-order valence-corrected chi connectivity index (χ2v) is 6.21. The highest BCUT2D eigenvalue weighted by atomic mass is 32.2. The van der Waals surface area contributed by atoms with Crippen molar-refractivity contribution in [1.82, 2.24) is 8.61 Å². The van der Waals surface area contributed by atoms with E-state index >= 15 is 0 Å². The summed E-state index contributed by atoms with van der Waals surface area (Å²) < 4.78 is 25.4. The normalized spacial score (nSPS) is 11.8. The fraction of sp³-hybridized carbons (Fsp3) is 0.364. The molecule has 6 nitrogen and oxygen atoms in total. The van der Waals surface area contributed by atoms with Crippen molar-refractivity contribution in [3.8, 4) is 0 Å². The molecule has 1 N–H and O–H groups in total. The molecule has 0 radical (unpaired) electrons. The third-order valence-corrected chi connectivity index (χ3v) is 4.12. The molecule has 0 saturated heterocycles. The summed E-state index contributed by atoms with van der Waals surface area (Å²) in [4.78, 5) is 11.7. The van der Waals surface area contributed by atoms with Crippen molar-refractivity contribution in [3.63, 3.8) is 0 Å². The fourth-order valence-corrected chi connectivity index (χ4v) is 2.12. The lowest BCUT2D eigenvalue weighted by Crippen LogP contribution is -2.41. The smallest absolute Gasteiger partial charge is 0.281 e. The molecule has 0 atom stereocenters. The van der Waals surface area contributed by atoms with Gasteiger partial charge in [-0.3, -0.25) is 4.79 Å². The molecule has 0 fully saturated rings. The first-order valence-corrected chi connectivity index (χ1v) is 6.72. The molecule has 1 rings (SSSR count). The van der Waals surface area contributed by atoms with Crippen molar-refractivity contribution in [3.05, 3.63) is 30.3 Å². The molecule has 100 valence electrons. The minimum absolute atomic E-state index is 0.227. The highest BCUT2D eigenvalue weighted by molar-refractivity contribution is 7.86. The van der Waals surface area contributed by atoms with Gasteiger partial charge in [0.05, 0.1) is 6.54 Å². The van der Waals surface area contributed by atoms with Crippen molar-refractivity contribution in [1.29, 1.82) is 0 Å². The zero-order chi connectivity index (χ0) is 13.8. The van der Waals surface area contributed by atoms with Crippen LogP contribution in [0.4, 0.5) is 5.69 Å². The van der Waals surface area contributed by atoms with Gasteiger partial charge in [-0.05, 0) is 12.1 Å².